The first-order valence-corrected chi connectivity index (χ1v) is 8.28. The van der Waals surface area contributed by atoms with E-state index in [4.69, 9.17) is 0 Å². The minimum Gasteiger partial charge on any atom is -0.457 e. The number of carbonyl (C=O) groups excluding carboxylic acids is 1. The van der Waals surface area contributed by atoms with E-state index in [2.05, 4.69) is 20.8 Å². The van der Waals surface area contributed by atoms with Gasteiger partial charge in [-0.1, -0.05) is 6.58 Å². The van der Waals surface area contributed by atoms with Gasteiger partial charge in [0.2, 0.25) is 0 Å². The second-order valence-electron chi connectivity index (χ2n) is 6.29. The number of ether oxygens (including phenoxy) is 3. The van der Waals surface area contributed by atoms with Crippen LogP contribution in [0.2, 0.25) is 0 Å². The molecule has 0 atom stereocenters. The van der Waals surface area contributed by atoms with Gasteiger partial charge in [0.1, 0.15) is 19.8 Å². The average molecular weight is 560 g/mol. The van der Waals surface area contributed by atoms with Gasteiger partial charge in [-0.2, -0.15) is 52.7 Å². The molecule has 0 radical (unpaired) electrons. The molecular formula is C15H12F16O4. The van der Waals surface area contributed by atoms with Crippen molar-refractivity contribution < 1.29 is 89.3 Å². The van der Waals surface area contributed by atoms with Crippen LogP contribution in [0.25, 0.3) is 0 Å². The van der Waals surface area contributed by atoms with E-state index in [0.717, 1.165) is 0 Å². The number of rotatable bonds is 15. The molecule has 0 fully saturated rings. The molecule has 0 rings (SSSR count). The fourth-order valence-electron chi connectivity index (χ4n) is 1.69. The van der Waals surface area contributed by atoms with Crippen LogP contribution in [0.15, 0.2) is 12.7 Å². The SMILES string of the molecule is C=CC(=O)OCC(OCC(F)(F)C(F)(F)C(F)(F)C(F)F)OCC(F)(F)C(F)(F)C(F)(F)C(F)F. The van der Waals surface area contributed by atoms with Crippen molar-refractivity contribution in [2.75, 3.05) is 19.8 Å². The summed E-state index contributed by atoms with van der Waals surface area (Å²) in [5.41, 5.74) is 0. The molecule has 0 heterocycles. The molecule has 0 aromatic carbocycles. The average Bonchev–Trinajstić information content (AvgIpc) is 2.71. The molecule has 0 aromatic rings. The smallest absolute Gasteiger partial charge is 0.380 e. The van der Waals surface area contributed by atoms with Crippen molar-refractivity contribution >= 4 is 5.97 Å². The standard InChI is InChI=1S/C15H12F16O4/c1-2-6(32)33-3-7(34-4-10(20,21)14(28,29)12(24,25)8(16)17)35-5-11(22,23)15(30,31)13(26,27)9(18)19/h2,7-9H,1,3-5H2. The lowest BCUT2D eigenvalue weighted by molar-refractivity contribution is -0.363. The minimum atomic E-state index is -6.88. The van der Waals surface area contributed by atoms with Crippen molar-refractivity contribution in [3.63, 3.8) is 0 Å². The summed E-state index contributed by atoms with van der Waals surface area (Å²) in [6.07, 6.45) is -13.6. The number of hydrogen-bond acceptors (Lipinski definition) is 4. The van der Waals surface area contributed by atoms with E-state index in [1.54, 1.807) is 0 Å². The topological polar surface area (TPSA) is 44.8 Å². The number of hydrogen-bond donors (Lipinski definition) is 0. The van der Waals surface area contributed by atoms with E-state index < -0.39 is 80.5 Å². The second-order valence-corrected chi connectivity index (χ2v) is 6.29. The Morgan fingerprint density at radius 2 is 1.00 bits per heavy atom. The van der Waals surface area contributed by atoms with Crippen LogP contribution in [0.4, 0.5) is 70.2 Å². The lowest BCUT2D eigenvalue weighted by Crippen LogP contribution is -2.60. The Bertz CT molecular complexity index is 676. The van der Waals surface area contributed by atoms with Crippen LogP contribution in [0.5, 0.6) is 0 Å². The lowest BCUT2D eigenvalue weighted by Gasteiger charge is -2.34. The quantitative estimate of drug-likeness (QED) is 0.116. The lowest BCUT2D eigenvalue weighted by atomic mass is 10.1. The summed E-state index contributed by atoms with van der Waals surface area (Å²) in [7, 11) is 0. The van der Waals surface area contributed by atoms with Gasteiger partial charge in [-0.15, -0.1) is 0 Å². The first kappa shape index (κ1) is 33.0. The molecule has 0 spiro atoms. The second kappa shape index (κ2) is 11.0. The zero-order valence-electron chi connectivity index (χ0n) is 16.3. The maximum Gasteiger partial charge on any atom is 0.380 e. The molecule has 0 amide bonds. The third-order valence-corrected chi connectivity index (χ3v) is 3.73. The van der Waals surface area contributed by atoms with Crippen molar-refractivity contribution in [1.29, 1.82) is 0 Å². The molecule has 208 valence electrons. The predicted octanol–water partition coefficient (Wildman–Crippen LogP) is 5.42. The molecular weight excluding hydrogens is 548 g/mol. The van der Waals surface area contributed by atoms with Gasteiger partial charge >= 0.3 is 54.4 Å². The Labute approximate surface area is 183 Å². The third-order valence-electron chi connectivity index (χ3n) is 3.73. The van der Waals surface area contributed by atoms with Crippen LogP contribution >= 0.6 is 0 Å². The third kappa shape index (κ3) is 6.82. The Balaban J connectivity index is 5.74. The van der Waals surface area contributed by atoms with Gasteiger partial charge in [0.15, 0.2) is 6.29 Å². The van der Waals surface area contributed by atoms with E-state index in [1.165, 1.54) is 0 Å². The molecule has 0 N–H and O–H groups in total. The molecule has 0 aromatic heterocycles. The summed E-state index contributed by atoms with van der Waals surface area (Å²) in [4.78, 5) is 10.9. The van der Waals surface area contributed by atoms with Crippen molar-refractivity contribution in [1.82, 2.24) is 0 Å². The highest BCUT2D eigenvalue weighted by atomic mass is 19.4. The number of alkyl halides is 16. The maximum atomic E-state index is 13.5. The van der Waals surface area contributed by atoms with Crippen LogP contribution in [0, 0.1) is 0 Å². The molecule has 0 saturated heterocycles. The molecule has 0 bridgehead atoms. The number of carbonyl (C=O) groups is 1. The van der Waals surface area contributed by atoms with Gasteiger partial charge in [0.05, 0.1) is 0 Å². The number of esters is 1. The normalized spacial score (nSPS) is 14.7. The monoisotopic (exact) mass is 560 g/mol. The predicted molar refractivity (Wildman–Crippen MR) is 78.5 cm³/mol. The van der Waals surface area contributed by atoms with Gasteiger partial charge in [-0.05, 0) is 0 Å². The van der Waals surface area contributed by atoms with Gasteiger partial charge in [0, 0.05) is 6.08 Å². The van der Waals surface area contributed by atoms with Gasteiger partial charge < -0.3 is 14.2 Å². The van der Waals surface area contributed by atoms with Gasteiger partial charge in [-0.25, -0.2) is 22.4 Å². The van der Waals surface area contributed by atoms with Gasteiger partial charge in [0.25, 0.3) is 0 Å². The summed E-state index contributed by atoms with van der Waals surface area (Å²) in [5.74, 6) is -41.2. The van der Waals surface area contributed by atoms with E-state index in [9.17, 15) is 75.0 Å². The van der Waals surface area contributed by atoms with Crippen molar-refractivity contribution in [2.24, 2.45) is 0 Å². The van der Waals surface area contributed by atoms with E-state index >= 15 is 0 Å². The summed E-state index contributed by atoms with van der Waals surface area (Å²) in [6.45, 7) is -5.24. The summed E-state index contributed by atoms with van der Waals surface area (Å²) >= 11 is 0. The highest BCUT2D eigenvalue weighted by Gasteiger charge is 2.76. The largest absolute Gasteiger partial charge is 0.457 e. The molecule has 0 saturated carbocycles. The Hall–Kier alpha value is -1.99. The van der Waals surface area contributed by atoms with E-state index in [1.807, 2.05) is 0 Å². The first-order valence-electron chi connectivity index (χ1n) is 8.28. The molecule has 0 unspecified atom stereocenters. The fourth-order valence-corrected chi connectivity index (χ4v) is 1.69. The fraction of sp³-hybridized carbons (Fsp3) is 0.800. The van der Waals surface area contributed by atoms with Crippen LogP contribution < -0.4 is 0 Å². The zero-order chi connectivity index (χ0) is 28.3. The number of halogens is 16. The van der Waals surface area contributed by atoms with Crippen LogP contribution in [0.3, 0.4) is 0 Å². The molecule has 20 heteroatoms. The van der Waals surface area contributed by atoms with Crippen LogP contribution in [0.1, 0.15) is 0 Å². The van der Waals surface area contributed by atoms with E-state index in [0.29, 0.717) is 0 Å². The summed E-state index contributed by atoms with van der Waals surface area (Å²) in [5, 5.41) is 0. The van der Waals surface area contributed by atoms with Crippen LogP contribution in [-0.4, -0.2) is 80.5 Å². The minimum absolute atomic E-state index is 0.273. The molecule has 35 heavy (non-hydrogen) atoms. The molecule has 0 aliphatic rings. The van der Waals surface area contributed by atoms with Crippen molar-refractivity contribution in [3.05, 3.63) is 12.7 Å². The Kier molecular flexibility index (Phi) is 10.3. The van der Waals surface area contributed by atoms with Crippen molar-refractivity contribution in [3.8, 4) is 0 Å². The van der Waals surface area contributed by atoms with E-state index in [-0.39, 0.29) is 6.08 Å². The summed E-state index contributed by atoms with van der Waals surface area (Å²) in [6, 6.07) is 0. The Morgan fingerprint density at radius 3 is 1.26 bits per heavy atom. The molecule has 0 aliphatic heterocycles. The van der Waals surface area contributed by atoms with Crippen molar-refractivity contribution in [2.45, 2.75) is 54.7 Å². The molecule has 4 nitrogen and oxygen atoms in total. The maximum absolute atomic E-state index is 13.5. The highest BCUT2D eigenvalue weighted by Crippen LogP contribution is 2.50. The zero-order valence-corrected chi connectivity index (χ0v) is 16.3. The van der Waals surface area contributed by atoms with Crippen LogP contribution in [-0.2, 0) is 19.0 Å². The molecule has 0 aliphatic carbocycles. The first-order chi connectivity index (χ1) is 15.4. The Morgan fingerprint density at radius 1 is 0.686 bits per heavy atom. The summed E-state index contributed by atoms with van der Waals surface area (Å²) < 4.78 is 217. The highest BCUT2D eigenvalue weighted by molar-refractivity contribution is 5.81. The van der Waals surface area contributed by atoms with Gasteiger partial charge in [-0.3, -0.25) is 0 Å².